The Morgan fingerprint density at radius 2 is 2.07 bits per heavy atom. The molecular formula is C11H15ClN2. The molecule has 1 aromatic heterocycles. The first-order valence-electron chi connectivity index (χ1n) is 5.08. The Bertz CT molecular complexity index is 270. The van der Waals surface area contributed by atoms with E-state index in [0.717, 1.165) is 19.0 Å². The van der Waals surface area contributed by atoms with Gasteiger partial charge in [-0.3, -0.25) is 4.98 Å². The molecule has 0 bridgehead atoms. The second-order valence-electron chi connectivity index (χ2n) is 3.92. The minimum atomic E-state index is 0.433. The number of aromatic nitrogens is 1. The van der Waals surface area contributed by atoms with Crippen LogP contribution in [0.4, 0.5) is 0 Å². The SMILES string of the molecule is ClC1CC(CNCc2ccncc2)C1. The van der Waals surface area contributed by atoms with Gasteiger partial charge in [0.25, 0.3) is 0 Å². The summed E-state index contributed by atoms with van der Waals surface area (Å²) in [4.78, 5) is 3.98. The Morgan fingerprint density at radius 3 is 2.71 bits per heavy atom. The molecule has 0 radical (unpaired) electrons. The highest BCUT2D eigenvalue weighted by Gasteiger charge is 2.26. The predicted molar refractivity (Wildman–Crippen MR) is 58.3 cm³/mol. The van der Waals surface area contributed by atoms with Crippen LogP contribution in [0.5, 0.6) is 0 Å². The fourth-order valence-electron chi connectivity index (χ4n) is 1.74. The van der Waals surface area contributed by atoms with Gasteiger partial charge in [-0.2, -0.15) is 0 Å². The maximum atomic E-state index is 5.90. The first kappa shape index (κ1) is 9.94. The number of nitrogens with zero attached hydrogens (tertiary/aromatic N) is 1. The molecule has 1 N–H and O–H groups in total. The van der Waals surface area contributed by atoms with Crippen molar-refractivity contribution in [2.45, 2.75) is 24.8 Å². The maximum absolute atomic E-state index is 5.90. The maximum Gasteiger partial charge on any atom is 0.0342 e. The summed E-state index contributed by atoms with van der Waals surface area (Å²) in [5.74, 6) is 0.791. The van der Waals surface area contributed by atoms with E-state index in [2.05, 4.69) is 10.3 Å². The zero-order valence-electron chi connectivity index (χ0n) is 8.12. The van der Waals surface area contributed by atoms with Gasteiger partial charge >= 0.3 is 0 Å². The summed E-state index contributed by atoms with van der Waals surface area (Å²) in [5, 5.41) is 3.87. The van der Waals surface area contributed by atoms with Gasteiger partial charge in [0.1, 0.15) is 0 Å². The fraction of sp³-hybridized carbons (Fsp3) is 0.545. The average Bonchev–Trinajstić information content (AvgIpc) is 2.17. The number of halogens is 1. The Labute approximate surface area is 89.7 Å². The summed E-state index contributed by atoms with van der Waals surface area (Å²) in [7, 11) is 0. The highest BCUT2D eigenvalue weighted by molar-refractivity contribution is 6.21. The Morgan fingerprint density at radius 1 is 1.36 bits per heavy atom. The summed E-state index contributed by atoms with van der Waals surface area (Å²) in [6, 6.07) is 4.08. The third-order valence-electron chi connectivity index (χ3n) is 2.69. The van der Waals surface area contributed by atoms with Crippen LogP contribution in [0.25, 0.3) is 0 Å². The van der Waals surface area contributed by atoms with Gasteiger partial charge in [0, 0.05) is 24.3 Å². The Balaban J connectivity index is 1.64. The standard InChI is InChI=1S/C11H15ClN2/c12-11-5-10(6-11)8-14-7-9-1-3-13-4-2-9/h1-4,10-11,14H,5-8H2. The first-order valence-corrected chi connectivity index (χ1v) is 5.52. The van der Waals surface area contributed by atoms with Gasteiger partial charge < -0.3 is 5.32 Å². The molecular weight excluding hydrogens is 196 g/mol. The zero-order chi connectivity index (χ0) is 9.80. The van der Waals surface area contributed by atoms with Crippen LogP contribution in [0.1, 0.15) is 18.4 Å². The van der Waals surface area contributed by atoms with Crippen LogP contribution in [-0.2, 0) is 6.54 Å². The van der Waals surface area contributed by atoms with Crippen molar-refractivity contribution >= 4 is 11.6 Å². The lowest BCUT2D eigenvalue weighted by Gasteiger charge is -2.30. The van der Waals surface area contributed by atoms with E-state index >= 15 is 0 Å². The molecule has 0 aliphatic heterocycles. The minimum Gasteiger partial charge on any atom is -0.312 e. The minimum absolute atomic E-state index is 0.433. The van der Waals surface area contributed by atoms with Crippen LogP contribution >= 0.6 is 11.6 Å². The van der Waals surface area contributed by atoms with Crippen LogP contribution in [-0.4, -0.2) is 16.9 Å². The number of nitrogens with one attached hydrogen (secondary N) is 1. The molecule has 0 amide bonds. The van der Waals surface area contributed by atoms with Crippen LogP contribution < -0.4 is 5.32 Å². The lowest BCUT2D eigenvalue weighted by atomic mass is 9.85. The van der Waals surface area contributed by atoms with Crippen molar-refractivity contribution in [2.24, 2.45) is 5.92 Å². The molecule has 2 rings (SSSR count). The molecule has 1 saturated carbocycles. The molecule has 0 atom stereocenters. The molecule has 1 aromatic rings. The molecule has 0 spiro atoms. The van der Waals surface area contributed by atoms with E-state index in [4.69, 9.17) is 11.6 Å². The molecule has 0 saturated heterocycles. The van der Waals surface area contributed by atoms with Crippen molar-refractivity contribution in [3.05, 3.63) is 30.1 Å². The second-order valence-corrected chi connectivity index (χ2v) is 4.54. The second kappa shape index (κ2) is 4.76. The number of rotatable bonds is 4. The molecule has 0 aromatic carbocycles. The molecule has 1 heterocycles. The highest BCUT2D eigenvalue weighted by Crippen LogP contribution is 2.31. The Hall–Kier alpha value is -0.600. The monoisotopic (exact) mass is 210 g/mol. The van der Waals surface area contributed by atoms with E-state index in [9.17, 15) is 0 Å². The number of pyridine rings is 1. The van der Waals surface area contributed by atoms with Gasteiger partial charge in [-0.15, -0.1) is 11.6 Å². The summed E-state index contributed by atoms with van der Waals surface area (Å²) in [6.45, 7) is 2.03. The molecule has 0 unspecified atom stereocenters. The van der Waals surface area contributed by atoms with Crippen LogP contribution in [0.15, 0.2) is 24.5 Å². The Kier molecular flexibility index (Phi) is 3.38. The van der Waals surface area contributed by atoms with Gasteiger partial charge in [-0.1, -0.05) is 0 Å². The molecule has 14 heavy (non-hydrogen) atoms. The smallest absolute Gasteiger partial charge is 0.0342 e. The molecule has 2 nitrogen and oxygen atoms in total. The molecule has 76 valence electrons. The normalized spacial score (nSPS) is 25.8. The van der Waals surface area contributed by atoms with Crippen molar-refractivity contribution < 1.29 is 0 Å². The van der Waals surface area contributed by atoms with E-state index in [1.807, 2.05) is 24.5 Å². The van der Waals surface area contributed by atoms with Crippen molar-refractivity contribution in [3.8, 4) is 0 Å². The quantitative estimate of drug-likeness (QED) is 0.771. The zero-order valence-corrected chi connectivity index (χ0v) is 8.87. The average molecular weight is 211 g/mol. The number of alkyl halides is 1. The van der Waals surface area contributed by atoms with Gasteiger partial charge in [0.15, 0.2) is 0 Å². The first-order chi connectivity index (χ1) is 6.84. The van der Waals surface area contributed by atoms with Gasteiger partial charge in [-0.05, 0) is 43.0 Å². The number of hydrogen-bond acceptors (Lipinski definition) is 2. The van der Waals surface area contributed by atoms with Crippen LogP contribution in [0.3, 0.4) is 0 Å². The largest absolute Gasteiger partial charge is 0.312 e. The molecule has 1 fully saturated rings. The van der Waals surface area contributed by atoms with Crippen molar-refractivity contribution in [3.63, 3.8) is 0 Å². The lowest BCUT2D eigenvalue weighted by Crippen LogP contribution is -2.33. The van der Waals surface area contributed by atoms with E-state index in [0.29, 0.717) is 5.38 Å². The third-order valence-corrected chi connectivity index (χ3v) is 3.05. The van der Waals surface area contributed by atoms with E-state index in [-0.39, 0.29) is 0 Å². The van der Waals surface area contributed by atoms with Gasteiger partial charge in [-0.25, -0.2) is 0 Å². The summed E-state index contributed by atoms with van der Waals surface area (Å²) < 4.78 is 0. The van der Waals surface area contributed by atoms with Crippen molar-refractivity contribution in [1.29, 1.82) is 0 Å². The summed E-state index contributed by atoms with van der Waals surface area (Å²) >= 11 is 5.90. The lowest BCUT2D eigenvalue weighted by molar-refractivity contribution is 0.308. The summed E-state index contributed by atoms with van der Waals surface area (Å²) in [5.41, 5.74) is 1.29. The van der Waals surface area contributed by atoms with Gasteiger partial charge in [0.05, 0.1) is 0 Å². The number of hydrogen-bond donors (Lipinski definition) is 1. The van der Waals surface area contributed by atoms with E-state index in [1.165, 1.54) is 18.4 Å². The van der Waals surface area contributed by atoms with Gasteiger partial charge in [0.2, 0.25) is 0 Å². The fourth-order valence-corrected chi connectivity index (χ4v) is 2.25. The van der Waals surface area contributed by atoms with E-state index in [1.54, 1.807) is 0 Å². The van der Waals surface area contributed by atoms with Crippen LogP contribution in [0.2, 0.25) is 0 Å². The van der Waals surface area contributed by atoms with E-state index < -0.39 is 0 Å². The molecule has 1 aliphatic rings. The van der Waals surface area contributed by atoms with Crippen molar-refractivity contribution in [1.82, 2.24) is 10.3 Å². The molecule has 1 aliphatic carbocycles. The predicted octanol–water partition coefficient (Wildman–Crippen LogP) is 2.19. The van der Waals surface area contributed by atoms with Crippen LogP contribution in [0, 0.1) is 5.92 Å². The molecule has 3 heteroatoms. The highest BCUT2D eigenvalue weighted by atomic mass is 35.5. The van der Waals surface area contributed by atoms with Crippen molar-refractivity contribution in [2.75, 3.05) is 6.54 Å². The topological polar surface area (TPSA) is 24.9 Å². The summed E-state index contributed by atoms with van der Waals surface area (Å²) in [6.07, 6.45) is 6.00. The third kappa shape index (κ3) is 2.69.